The average Bonchev–Trinajstić information content (AvgIpc) is 2.87. The Morgan fingerprint density at radius 1 is 1.67 bits per heavy atom. The molecule has 0 spiro atoms. The fraction of sp³-hybridized carbons (Fsp3) is 0.154. The Morgan fingerprint density at radius 3 is 2.89 bits per heavy atom. The van der Waals surface area contributed by atoms with Crippen molar-refractivity contribution < 1.29 is 14.3 Å². The molecule has 2 aromatic heterocycles. The van der Waals surface area contributed by atoms with Crippen LogP contribution in [0.5, 0.6) is 0 Å². The quantitative estimate of drug-likeness (QED) is 0.860. The molecule has 0 aromatic carbocycles. The summed E-state index contributed by atoms with van der Waals surface area (Å²) in [4.78, 5) is 11.2. The van der Waals surface area contributed by atoms with Crippen LogP contribution in [0.4, 0.5) is 0 Å². The van der Waals surface area contributed by atoms with Gasteiger partial charge < -0.3 is 14.1 Å². The highest BCUT2D eigenvalue weighted by molar-refractivity contribution is 6.36. The van der Waals surface area contributed by atoms with E-state index in [4.69, 9.17) is 16.0 Å². The van der Waals surface area contributed by atoms with E-state index in [0.717, 1.165) is 0 Å². The minimum Gasteiger partial charge on any atom is -0.478 e. The first-order chi connectivity index (χ1) is 8.57. The zero-order chi connectivity index (χ0) is 13.3. The number of hydrogen-bond acceptors (Lipinski definition) is 2. The van der Waals surface area contributed by atoms with Gasteiger partial charge in [0.15, 0.2) is 5.76 Å². The zero-order valence-electron chi connectivity index (χ0n) is 9.81. The van der Waals surface area contributed by atoms with Gasteiger partial charge in [0.2, 0.25) is 0 Å². The zero-order valence-corrected chi connectivity index (χ0v) is 10.6. The van der Waals surface area contributed by atoms with Crippen molar-refractivity contribution in [2.75, 3.05) is 0 Å². The minimum absolute atomic E-state index is 0.102. The number of furan rings is 1. The molecule has 18 heavy (non-hydrogen) atoms. The third-order valence-electron chi connectivity index (χ3n) is 2.74. The van der Waals surface area contributed by atoms with Crippen LogP contribution in [0.3, 0.4) is 0 Å². The van der Waals surface area contributed by atoms with E-state index in [9.17, 15) is 9.90 Å². The largest absolute Gasteiger partial charge is 0.478 e. The van der Waals surface area contributed by atoms with Gasteiger partial charge in [0.25, 0.3) is 0 Å². The van der Waals surface area contributed by atoms with Crippen molar-refractivity contribution in [2.45, 2.75) is 13.5 Å². The summed E-state index contributed by atoms with van der Waals surface area (Å²) in [6.07, 6.45) is 3.20. The van der Waals surface area contributed by atoms with Crippen molar-refractivity contribution in [1.82, 2.24) is 4.57 Å². The lowest BCUT2D eigenvalue weighted by atomic mass is 10.2. The number of hydrogen-bond donors (Lipinski definition) is 1. The lowest BCUT2D eigenvalue weighted by molar-refractivity contribution is 0.0696. The Morgan fingerprint density at radius 2 is 2.39 bits per heavy atom. The SMILES string of the molecule is C=CCn1c(C)c(C(=O)O)c(Cl)c1-c1ccco1. The molecule has 2 aromatic rings. The summed E-state index contributed by atoms with van der Waals surface area (Å²) in [5.41, 5.74) is 1.25. The highest BCUT2D eigenvalue weighted by atomic mass is 35.5. The minimum atomic E-state index is -1.05. The van der Waals surface area contributed by atoms with Gasteiger partial charge in [-0.2, -0.15) is 0 Å². The van der Waals surface area contributed by atoms with E-state index in [2.05, 4.69) is 6.58 Å². The number of carbonyl (C=O) groups is 1. The Labute approximate surface area is 109 Å². The van der Waals surface area contributed by atoms with Gasteiger partial charge in [-0.25, -0.2) is 4.79 Å². The molecule has 0 atom stereocenters. The van der Waals surface area contributed by atoms with Gasteiger partial charge >= 0.3 is 5.97 Å². The predicted molar refractivity (Wildman–Crippen MR) is 69.0 cm³/mol. The molecule has 0 aliphatic carbocycles. The molecule has 0 unspecified atom stereocenters. The van der Waals surface area contributed by atoms with Gasteiger partial charge in [0.1, 0.15) is 5.69 Å². The van der Waals surface area contributed by atoms with Crippen LogP contribution in [0.25, 0.3) is 11.5 Å². The molecular weight excluding hydrogens is 254 g/mol. The lowest BCUT2D eigenvalue weighted by Gasteiger charge is -2.06. The van der Waals surface area contributed by atoms with Crippen molar-refractivity contribution in [3.05, 3.63) is 47.3 Å². The Hall–Kier alpha value is -1.94. The molecule has 0 aliphatic heterocycles. The first-order valence-electron chi connectivity index (χ1n) is 5.34. The van der Waals surface area contributed by atoms with E-state index in [1.807, 2.05) is 0 Å². The highest BCUT2D eigenvalue weighted by Gasteiger charge is 2.25. The van der Waals surface area contributed by atoms with E-state index in [0.29, 0.717) is 23.7 Å². The molecule has 0 saturated heterocycles. The summed E-state index contributed by atoms with van der Waals surface area (Å²) in [5.74, 6) is -0.509. The number of halogens is 1. The van der Waals surface area contributed by atoms with Gasteiger partial charge in [-0.15, -0.1) is 6.58 Å². The molecule has 5 heteroatoms. The summed E-state index contributed by atoms with van der Waals surface area (Å²) < 4.78 is 7.08. The monoisotopic (exact) mass is 265 g/mol. The van der Waals surface area contributed by atoms with E-state index >= 15 is 0 Å². The van der Waals surface area contributed by atoms with Crippen LogP contribution < -0.4 is 0 Å². The Balaban J connectivity index is 2.74. The molecule has 94 valence electrons. The Kier molecular flexibility index (Phi) is 3.30. The second kappa shape index (κ2) is 4.74. The van der Waals surface area contributed by atoms with Gasteiger partial charge in [-0.05, 0) is 19.1 Å². The highest BCUT2D eigenvalue weighted by Crippen LogP contribution is 2.35. The lowest BCUT2D eigenvalue weighted by Crippen LogP contribution is -2.03. The molecule has 2 rings (SSSR count). The summed E-state index contributed by atoms with van der Waals surface area (Å²) in [6, 6.07) is 3.47. The maximum absolute atomic E-state index is 11.2. The third kappa shape index (κ3) is 1.84. The predicted octanol–water partition coefficient (Wildman–Crippen LogP) is 3.59. The van der Waals surface area contributed by atoms with Crippen molar-refractivity contribution in [2.24, 2.45) is 0 Å². The smallest absolute Gasteiger partial charge is 0.339 e. The third-order valence-corrected chi connectivity index (χ3v) is 3.11. The van der Waals surface area contributed by atoms with E-state index in [-0.39, 0.29) is 10.6 Å². The number of aromatic carboxylic acids is 1. The maximum Gasteiger partial charge on any atom is 0.339 e. The second-order valence-electron chi connectivity index (χ2n) is 3.80. The number of rotatable bonds is 4. The van der Waals surface area contributed by atoms with Crippen LogP contribution in [0, 0.1) is 6.92 Å². The normalized spacial score (nSPS) is 10.6. The molecule has 0 fully saturated rings. The average molecular weight is 266 g/mol. The van der Waals surface area contributed by atoms with Crippen molar-refractivity contribution in [1.29, 1.82) is 0 Å². The number of carboxylic acids is 1. The van der Waals surface area contributed by atoms with Crippen LogP contribution in [-0.2, 0) is 6.54 Å². The second-order valence-corrected chi connectivity index (χ2v) is 4.18. The number of nitrogens with zero attached hydrogens (tertiary/aromatic N) is 1. The molecule has 2 heterocycles. The standard InChI is InChI=1S/C13H12ClNO3/c1-3-6-15-8(2)10(13(16)17)11(14)12(15)9-5-4-7-18-9/h3-5,7H,1,6H2,2H3,(H,16,17). The summed E-state index contributed by atoms with van der Waals surface area (Å²) >= 11 is 6.16. The summed E-state index contributed by atoms with van der Waals surface area (Å²) in [7, 11) is 0. The molecule has 0 aliphatic rings. The van der Waals surface area contributed by atoms with Gasteiger partial charge in [-0.3, -0.25) is 0 Å². The van der Waals surface area contributed by atoms with Crippen LogP contribution in [0.2, 0.25) is 5.02 Å². The van der Waals surface area contributed by atoms with Gasteiger partial charge in [-0.1, -0.05) is 17.7 Å². The number of carboxylic acid groups (broad SMARTS) is 1. The van der Waals surface area contributed by atoms with Crippen molar-refractivity contribution >= 4 is 17.6 Å². The molecular formula is C13H12ClNO3. The first-order valence-corrected chi connectivity index (χ1v) is 5.72. The molecule has 0 amide bonds. The molecule has 0 bridgehead atoms. The Bertz CT molecular complexity index is 596. The van der Waals surface area contributed by atoms with E-state index in [1.165, 1.54) is 6.26 Å². The van der Waals surface area contributed by atoms with E-state index < -0.39 is 5.97 Å². The fourth-order valence-electron chi connectivity index (χ4n) is 1.96. The topological polar surface area (TPSA) is 55.4 Å². The molecule has 1 N–H and O–H groups in total. The number of allylic oxidation sites excluding steroid dienone is 1. The summed E-state index contributed by atoms with van der Waals surface area (Å²) in [6.45, 7) is 5.84. The van der Waals surface area contributed by atoms with Crippen LogP contribution >= 0.6 is 11.6 Å². The summed E-state index contributed by atoms with van der Waals surface area (Å²) in [5, 5.41) is 9.39. The number of aromatic nitrogens is 1. The molecule has 0 radical (unpaired) electrons. The van der Waals surface area contributed by atoms with Crippen LogP contribution in [0.15, 0.2) is 35.5 Å². The maximum atomic E-state index is 11.2. The van der Waals surface area contributed by atoms with Crippen molar-refractivity contribution in [3.63, 3.8) is 0 Å². The van der Waals surface area contributed by atoms with Crippen molar-refractivity contribution in [3.8, 4) is 11.5 Å². The molecule has 0 saturated carbocycles. The van der Waals surface area contributed by atoms with Crippen LogP contribution in [0.1, 0.15) is 16.1 Å². The fourth-order valence-corrected chi connectivity index (χ4v) is 2.37. The van der Waals surface area contributed by atoms with Crippen LogP contribution in [-0.4, -0.2) is 15.6 Å². The van der Waals surface area contributed by atoms with E-state index in [1.54, 1.807) is 29.7 Å². The molecule has 4 nitrogen and oxygen atoms in total. The van der Waals surface area contributed by atoms with Gasteiger partial charge in [0.05, 0.1) is 16.8 Å². The first kappa shape index (κ1) is 12.5. The van der Waals surface area contributed by atoms with Gasteiger partial charge in [0, 0.05) is 12.2 Å².